The SMILES string of the molecule is CCOC(=O)c1c(NC(=O)c2ccncc2)sc2c1CC[C@H](C(C)(C)C)C2. The average Bonchev–Trinajstić information content (AvgIpc) is 2.99. The van der Waals surface area contributed by atoms with Crippen LogP contribution in [0.4, 0.5) is 5.00 Å². The number of fused-ring (bicyclic) bond motifs is 1. The maximum absolute atomic E-state index is 12.6. The van der Waals surface area contributed by atoms with Gasteiger partial charge < -0.3 is 10.1 Å². The predicted molar refractivity (Wildman–Crippen MR) is 107 cm³/mol. The number of hydrogen-bond donors (Lipinski definition) is 1. The summed E-state index contributed by atoms with van der Waals surface area (Å²) >= 11 is 1.51. The third-order valence-corrected chi connectivity index (χ3v) is 6.31. The Morgan fingerprint density at radius 1 is 1.30 bits per heavy atom. The first-order valence-electron chi connectivity index (χ1n) is 9.34. The molecule has 1 aliphatic carbocycles. The third-order valence-electron chi connectivity index (χ3n) is 5.14. The number of anilines is 1. The lowest BCUT2D eigenvalue weighted by Crippen LogP contribution is -2.26. The number of ether oxygens (including phenoxy) is 1. The molecule has 0 unspecified atom stereocenters. The van der Waals surface area contributed by atoms with E-state index in [-0.39, 0.29) is 17.3 Å². The molecular formula is C21H26N2O3S. The Kier molecular flexibility index (Phi) is 5.65. The molecule has 1 aliphatic rings. The number of rotatable bonds is 4. The summed E-state index contributed by atoms with van der Waals surface area (Å²) in [7, 11) is 0. The zero-order valence-electron chi connectivity index (χ0n) is 16.3. The van der Waals surface area contributed by atoms with Gasteiger partial charge in [0.15, 0.2) is 0 Å². The Bertz CT molecular complexity index is 837. The molecule has 2 aromatic heterocycles. The molecule has 144 valence electrons. The molecule has 5 nitrogen and oxygen atoms in total. The molecule has 0 spiro atoms. The molecule has 1 N–H and O–H groups in total. The van der Waals surface area contributed by atoms with Crippen molar-refractivity contribution in [2.75, 3.05) is 11.9 Å². The molecule has 27 heavy (non-hydrogen) atoms. The molecule has 0 saturated carbocycles. The van der Waals surface area contributed by atoms with Crippen LogP contribution in [0.2, 0.25) is 0 Å². The van der Waals surface area contributed by atoms with Crippen molar-refractivity contribution in [1.29, 1.82) is 0 Å². The molecule has 0 saturated heterocycles. The number of thiophene rings is 1. The van der Waals surface area contributed by atoms with Gasteiger partial charge in [-0.25, -0.2) is 4.79 Å². The Balaban J connectivity index is 1.94. The van der Waals surface area contributed by atoms with E-state index >= 15 is 0 Å². The number of amides is 1. The molecule has 1 atom stereocenters. The number of hydrogen-bond acceptors (Lipinski definition) is 5. The van der Waals surface area contributed by atoms with E-state index in [0.29, 0.717) is 28.7 Å². The van der Waals surface area contributed by atoms with Crippen LogP contribution in [0, 0.1) is 11.3 Å². The lowest BCUT2D eigenvalue weighted by atomic mass is 9.72. The van der Waals surface area contributed by atoms with Crippen LogP contribution in [-0.2, 0) is 17.6 Å². The molecule has 1 amide bonds. The third kappa shape index (κ3) is 4.21. The van der Waals surface area contributed by atoms with Crippen LogP contribution in [-0.4, -0.2) is 23.5 Å². The topological polar surface area (TPSA) is 68.3 Å². The Morgan fingerprint density at radius 2 is 2.00 bits per heavy atom. The van der Waals surface area contributed by atoms with Crippen LogP contribution >= 0.6 is 11.3 Å². The van der Waals surface area contributed by atoms with Gasteiger partial charge >= 0.3 is 5.97 Å². The molecule has 3 rings (SSSR count). The summed E-state index contributed by atoms with van der Waals surface area (Å²) in [6.07, 6.45) is 5.97. The normalized spacial score (nSPS) is 16.5. The monoisotopic (exact) mass is 386 g/mol. The highest BCUT2D eigenvalue weighted by Crippen LogP contribution is 2.44. The van der Waals surface area contributed by atoms with Crippen LogP contribution in [0.3, 0.4) is 0 Å². The van der Waals surface area contributed by atoms with Gasteiger partial charge in [-0.15, -0.1) is 11.3 Å². The minimum atomic E-state index is -0.353. The number of carbonyl (C=O) groups is 2. The second kappa shape index (κ2) is 7.80. The molecule has 6 heteroatoms. The van der Waals surface area contributed by atoms with E-state index in [4.69, 9.17) is 4.74 Å². The summed E-state index contributed by atoms with van der Waals surface area (Å²) in [4.78, 5) is 30.3. The predicted octanol–water partition coefficient (Wildman–Crippen LogP) is 4.72. The highest BCUT2D eigenvalue weighted by atomic mass is 32.1. The van der Waals surface area contributed by atoms with Crippen molar-refractivity contribution >= 4 is 28.2 Å². The number of esters is 1. The van der Waals surface area contributed by atoms with Gasteiger partial charge in [-0.05, 0) is 55.2 Å². The number of carbonyl (C=O) groups excluding carboxylic acids is 2. The quantitative estimate of drug-likeness (QED) is 0.772. The van der Waals surface area contributed by atoms with Gasteiger partial charge in [0.1, 0.15) is 5.00 Å². The van der Waals surface area contributed by atoms with Crippen LogP contribution in [0.1, 0.15) is 65.3 Å². The minimum Gasteiger partial charge on any atom is -0.462 e. The maximum atomic E-state index is 12.6. The second-order valence-corrected chi connectivity index (χ2v) is 9.03. The first-order valence-corrected chi connectivity index (χ1v) is 10.2. The molecular weight excluding hydrogens is 360 g/mol. The first kappa shape index (κ1) is 19.5. The minimum absolute atomic E-state index is 0.215. The number of nitrogens with zero attached hydrogens (tertiary/aromatic N) is 1. The fraction of sp³-hybridized carbons (Fsp3) is 0.476. The van der Waals surface area contributed by atoms with Crippen molar-refractivity contribution in [1.82, 2.24) is 4.98 Å². The largest absolute Gasteiger partial charge is 0.462 e. The van der Waals surface area contributed by atoms with Crippen molar-refractivity contribution in [2.24, 2.45) is 11.3 Å². The second-order valence-electron chi connectivity index (χ2n) is 7.92. The van der Waals surface area contributed by atoms with E-state index in [2.05, 4.69) is 31.1 Å². The summed E-state index contributed by atoms with van der Waals surface area (Å²) in [5, 5.41) is 3.52. The molecule has 0 fully saturated rings. The van der Waals surface area contributed by atoms with E-state index < -0.39 is 0 Å². The highest BCUT2D eigenvalue weighted by Gasteiger charge is 2.34. The molecule has 2 aromatic rings. The lowest BCUT2D eigenvalue weighted by molar-refractivity contribution is 0.0526. The smallest absolute Gasteiger partial charge is 0.341 e. The van der Waals surface area contributed by atoms with E-state index in [1.54, 1.807) is 31.5 Å². The molecule has 0 aliphatic heterocycles. The summed E-state index contributed by atoms with van der Waals surface area (Å²) in [6.45, 7) is 8.88. The van der Waals surface area contributed by atoms with Gasteiger partial charge in [0.2, 0.25) is 0 Å². The zero-order chi connectivity index (χ0) is 19.6. The van der Waals surface area contributed by atoms with Gasteiger partial charge in [-0.2, -0.15) is 0 Å². The maximum Gasteiger partial charge on any atom is 0.341 e. The number of aromatic nitrogens is 1. The lowest BCUT2D eigenvalue weighted by Gasteiger charge is -2.33. The molecule has 0 aromatic carbocycles. The molecule has 0 bridgehead atoms. The van der Waals surface area contributed by atoms with Gasteiger partial charge in [0, 0.05) is 22.8 Å². The standard InChI is InChI=1S/C21H26N2O3S/c1-5-26-20(25)17-15-7-6-14(21(2,3)4)12-16(15)27-19(17)23-18(24)13-8-10-22-11-9-13/h8-11,14H,5-7,12H2,1-4H3,(H,23,24)/t14-/m0/s1. The average molecular weight is 387 g/mol. The van der Waals surface area contributed by atoms with Crippen molar-refractivity contribution in [2.45, 2.75) is 47.0 Å². The van der Waals surface area contributed by atoms with E-state index in [1.807, 2.05) is 0 Å². The van der Waals surface area contributed by atoms with E-state index in [1.165, 1.54) is 16.2 Å². The van der Waals surface area contributed by atoms with E-state index in [0.717, 1.165) is 24.8 Å². The van der Waals surface area contributed by atoms with Gasteiger partial charge in [-0.1, -0.05) is 20.8 Å². The highest BCUT2D eigenvalue weighted by molar-refractivity contribution is 7.17. The van der Waals surface area contributed by atoms with Crippen LogP contribution in [0.5, 0.6) is 0 Å². The number of nitrogens with one attached hydrogen (secondary N) is 1. The van der Waals surface area contributed by atoms with Gasteiger partial charge in [0.25, 0.3) is 5.91 Å². The Hall–Kier alpha value is -2.21. The van der Waals surface area contributed by atoms with Crippen molar-refractivity contribution in [3.05, 3.63) is 46.1 Å². The fourth-order valence-electron chi connectivity index (χ4n) is 3.51. The first-order chi connectivity index (χ1) is 12.8. The fourth-order valence-corrected chi connectivity index (χ4v) is 4.82. The zero-order valence-corrected chi connectivity index (χ0v) is 17.1. The van der Waals surface area contributed by atoms with Gasteiger partial charge in [0.05, 0.1) is 12.2 Å². The summed E-state index contributed by atoms with van der Waals surface area (Å²) < 4.78 is 5.28. The van der Waals surface area contributed by atoms with Crippen LogP contribution < -0.4 is 5.32 Å². The summed E-state index contributed by atoms with van der Waals surface area (Å²) in [6, 6.07) is 3.31. The summed E-state index contributed by atoms with van der Waals surface area (Å²) in [5.74, 6) is -0.0365. The molecule has 0 radical (unpaired) electrons. The van der Waals surface area contributed by atoms with E-state index in [9.17, 15) is 9.59 Å². The number of pyridine rings is 1. The molecule has 2 heterocycles. The van der Waals surface area contributed by atoms with Crippen molar-refractivity contribution < 1.29 is 14.3 Å². The van der Waals surface area contributed by atoms with Crippen molar-refractivity contribution in [3.8, 4) is 0 Å². The Labute approximate surface area is 164 Å². The summed E-state index contributed by atoms with van der Waals surface area (Å²) in [5.41, 5.74) is 2.31. The van der Waals surface area contributed by atoms with Crippen LogP contribution in [0.15, 0.2) is 24.5 Å². The Morgan fingerprint density at radius 3 is 2.63 bits per heavy atom. The van der Waals surface area contributed by atoms with Crippen molar-refractivity contribution in [3.63, 3.8) is 0 Å². The van der Waals surface area contributed by atoms with Crippen LogP contribution in [0.25, 0.3) is 0 Å². The van der Waals surface area contributed by atoms with Gasteiger partial charge in [-0.3, -0.25) is 9.78 Å².